The summed E-state index contributed by atoms with van der Waals surface area (Å²) in [5, 5.41) is 12.0. The van der Waals surface area contributed by atoms with Gasteiger partial charge in [-0.15, -0.1) is 24.0 Å². The Kier molecular flexibility index (Phi) is 9.98. The van der Waals surface area contributed by atoms with Gasteiger partial charge >= 0.3 is 0 Å². The number of hydrogen-bond donors (Lipinski definition) is 1. The molecule has 2 aromatic heterocycles. The normalized spacial score (nSPS) is 11.6. The third kappa shape index (κ3) is 6.49. The van der Waals surface area contributed by atoms with E-state index in [1.54, 1.807) is 0 Å². The molecule has 0 aliphatic heterocycles. The van der Waals surface area contributed by atoms with Gasteiger partial charge in [-0.3, -0.25) is 9.67 Å². The predicted octanol–water partition coefficient (Wildman–Crippen LogP) is 3.80. The molecule has 8 heteroatoms. The number of rotatable bonds is 8. The van der Waals surface area contributed by atoms with Crippen molar-refractivity contribution in [1.29, 1.82) is 0 Å². The fraction of sp³-hybridized carbons (Fsp3) is 0.650. The van der Waals surface area contributed by atoms with Gasteiger partial charge in [-0.1, -0.05) is 19.0 Å². The Labute approximate surface area is 186 Å². The van der Waals surface area contributed by atoms with E-state index in [0.29, 0.717) is 5.92 Å². The molecule has 2 heterocycles. The number of aromatic nitrogens is 3. The molecule has 0 aliphatic carbocycles. The first kappa shape index (κ1) is 24.5. The Hall–Kier alpha value is -1.58. The monoisotopic (exact) mass is 502 g/mol. The average Bonchev–Trinajstić information content (AvgIpc) is 3.13. The fourth-order valence-electron chi connectivity index (χ4n) is 3.26. The average molecular weight is 502 g/mol. The highest BCUT2D eigenvalue weighted by Crippen LogP contribution is 2.18. The van der Waals surface area contributed by atoms with Crippen LogP contribution in [0.4, 0.5) is 0 Å². The second-order valence-corrected chi connectivity index (χ2v) is 7.37. The summed E-state index contributed by atoms with van der Waals surface area (Å²) in [5.74, 6) is 2.25. The van der Waals surface area contributed by atoms with E-state index in [1.807, 2.05) is 25.6 Å². The Bertz CT molecular complexity index is 745. The molecule has 0 aliphatic rings. The summed E-state index contributed by atoms with van der Waals surface area (Å²) in [5.41, 5.74) is 4.59. The van der Waals surface area contributed by atoms with Crippen molar-refractivity contribution in [1.82, 2.24) is 25.2 Å². The van der Waals surface area contributed by atoms with Crippen molar-refractivity contribution in [2.24, 2.45) is 12.0 Å². The third-order valence-corrected chi connectivity index (χ3v) is 4.62. The van der Waals surface area contributed by atoms with E-state index in [0.717, 1.165) is 55.6 Å². The summed E-state index contributed by atoms with van der Waals surface area (Å²) in [6.07, 6.45) is 4.01. The van der Waals surface area contributed by atoms with Crippen LogP contribution < -0.4 is 5.32 Å². The van der Waals surface area contributed by atoms with Gasteiger partial charge in [0.2, 0.25) is 0 Å². The molecule has 0 saturated carbocycles. The van der Waals surface area contributed by atoms with Crippen molar-refractivity contribution in [2.75, 3.05) is 20.1 Å². The minimum absolute atomic E-state index is 0. The smallest absolute Gasteiger partial charge is 0.193 e. The second-order valence-electron chi connectivity index (χ2n) is 7.37. The van der Waals surface area contributed by atoms with Crippen molar-refractivity contribution in [2.45, 2.75) is 59.9 Å². The first-order chi connectivity index (χ1) is 12.8. The van der Waals surface area contributed by atoms with Crippen LogP contribution in [0, 0.1) is 13.8 Å². The standard InChI is InChI=1S/C20H34N6O.HI/c1-8-21-20(22-11-9-10-18-15(4)24-27-16(18)5)25(6)12-17-13-26(7)23-19(17)14(2)3;/h13-14H,8-12H2,1-7H3,(H,21,22);1H. The van der Waals surface area contributed by atoms with Crippen molar-refractivity contribution in [3.8, 4) is 0 Å². The Morgan fingerprint density at radius 3 is 2.64 bits per heavy atom. The van der Waals surface area contributed by atoms with Crippen LogP contribution in [0.25, 0.3) is 0 Å². The van der Waals surface area contributed by atoms with E-state index in [1.165, 1.54) is 11.1 Å². The van der Waals surface area contributed by atoms with Crippen LogP contribution >= 0.6 is 24.0 Å². The molecule has 0 aromatic carbocycles. The molecule has 2 aromatic rings. The molecular formula is C20H35IN6O. The van der Waals surface area contributed by atoms with Crippen LogP contribution in [0.1, 0.15) is 61.4 Å². The van der Waals surface area contributed by atoms with Crippen LogP contribution in [0.5, 0.6) is 0 Å². The minimum atomic E-state index is 0. The van der Waals surface area contributed by atoms with E-state index in [4.69, 9.17) is 9.52 Å². The van der Waals surface area contributed by atoms with Crippen LogP contribution in [0.2, 0.25) is 0 Å². The van der Waals surface area contributed by atoms with E-state index in [-0.39, 0.29) is 24.0 Å². The van der Waals surface area contributed by atoms with Gasteiger partial charge in [-0.05, 0) is 39.5 Å². The maximum atomic E-state index is 5.23. The molecule has 2 rings (SSSR count). The fourth-order valence-corrected chi connectivity index (χ4v) is 3.26. The Morgan fingerprint density at radius 1 is 1.36 bits per heavy atom. The summed E-state index contributed by atoms with van der Waals surface area (Å²) in [6.45, 7) is 12.8. The number of nitrogens with one attached hydrogen (secondary N) is 1. The largest absolute Gasteiger partial charge is 0.361 e. The molecule has 1 N–H and O–H groups in total. The van der Waals surface area contributed by atoms with Gasteiger partial charge in [0, 0.05) is 51.1 Å². The molecular weight excluding hydrogens is 467 g/mol. The number of nitrogens with zero attached hydrogens (tertiary/aromatic N) is 5. The van der Waals surface area contributed by atoms with Crippen LogP contribution in [-0.2, 0) is 20.0 Å². The van der Waals surface area contributed by atoms with Crippen LogP contribution in [0.3, 0.4) is 0 Å². The van der Waals surface area contributed by atoms with E-state index >= 15 is 0 Å². The van der Waals surface area contributed by atoms with E-state index < -0.39 is 0 Å². The van der Waals surface area contributed by atoms with Gasteiger partial charge in [0.25, 0.3) is 0 Å². The van der Waals surface area contributed by atoms with Gasteiger partial charge in [-0.25, -0.2) is 0 Å². The van der Waals surface area contributed by atoms with Crippen LogP contribution in [0.15, 0.2) is 15.7 Å². The zero-order chi connectivity index (χ0) is 20.0. The van der Waals surface area contributed by atoms with Gasteiger partial charge in [-0.2, -0.15) is 5.10 Å². The lowest BCUT2D eigenvalue weighted by Gasteiger charge is -2.22. The topological polar surface area (TPSA) is 71.5 Å². The van der Waals surface area contributed by atoms with Crippen molar-refractivity contribution >= 4 is 29.9 Å². The first-order valence-electron chi connectivity index (χ1n) is 9.77. The van der Waals surface area contributed by atoms with Gasteiger partial charge < -0.3 is 14.7 Å². The van der Waals surface area contributed by atoms with Crippen LogP contribution in [-0.4, -0.2) is 45.9 Å². The third-order valence-electron chi connectivity index (χ3n) is 4.62. The highest BCUT2D eigenvalue weighted by Gasteiger charge is 2.15. The Morgan fingerprint density at radius 2 is 2.07 bits per heavy atom. The lowest BCUT2D eigenvalue weighted by molar-refractivity contribution is 0.392. The number of halogens is 1. The summed E-state index contributed by atoms with van der Waals surface area (Å²) >= 11 is 0. The highest BCUT2D eigenvalue weighted by molar-refractivity contribution is 14.0. The molecule has 28 heavy (non-hydrogen) atoms. The van der Waals surface area contributed by atoms with Gasteiger partial charge in [0.15, 0.2) is 5.96 Å². The summed E-state index contributed by atoms with van der Waals surface area (Å²) in [6, 6.07) is 0. The molecule has 0 unspecified atom stereocenters. The van der Waals surface area contributed by atoms with Gasteiger partial charge in [0.1, 0.15) is 5.76 Å². The number of guanidine groups is 1. The predicted molar refractivity (Wildman–Crippen MR) is 124 cm³/mol. The molecule has 0 amide bonds. The summed E-state index contributed by atoms with van der Waals surface area (Å²) < 4.78 is 7.13. The molecule has 0 fully saturated rings. The highest BCUT2D eigenvalue weighted by atomic mass is 127. The zero-order valence-electron chi connectivity index (χ0n) is 18.2. The molecule has 0 bridgehead atoms. The minimum Gasteiger partial charge on any atom is -0.361 e. The van der Waals surface area contributed by atoms with Crippen molar-refractivity contribution in [3.05, 3.63) is 34.5 Å². The zero-order valence-corrected chi connectivity index (χ0v) is 20.6. The number of hydrogen-bond acceptors (Lipinski definition) is 4. The Balaban J connectivity index is 0.00000392. The maximum absolute atomic E-state index is 5.23. The SMILES string of the molecule is CCNC(=NCCCc1c(C)noc1C)N(C)Cc1cn(C)nc1C(C)C.I. The van der Waals surface area contributed by atoms with E-state index in [2.05, 4.69) is 54.5 Å². The van der Waals surface area contributed by atoms with E-state index in [9.17, 15) is 0 Å². The molecule has 7 nitrogen and oxygen atoms in total. The quantitative estimate of drug-likeness (QED) is 0.258. The van der Waals surface area contributed by atoms with Gasteiger partial charge in [0.05, 0.1) is 11.4 Å². The first-order valence-corrected chi connectivity index (χ1v) is 9.77. The number of aryl methyl sites for hydroxylation is 3. The second kappa shape index (κ2) is 11.4. The molecule has 0 saturated heterocycles. The molecule has 0 atom stereocenters. The van der Waals surface area contributed by atoms with Crippen molar-refractivity contribution in [3.63, 3.8) is 0 Å². The maximum Gasteiger partial charge on any atom is 0.193 e. The lowest BCUT2D eigenvalue weighted by Crippen LogP contribution is -2.38. The van der Waals surface area contributed by atoms with Crippen molar-refractivity contribution < 1.29 is 4.52 Å². The number of aliphatic imine (C=N–C) groups is 1. The molecule has 0 radical (unpaired) electrons. The lowest BCUT2D eigenvalue weighted by atomic mass is 10.1. The summed E-state index contributed by atoms with van der Waals surface area (Å²) in [7, 11) is 4.05. The molecule has 0 spiro atoms. The summed E-state index contributed by atoms with van der Waals surface area (Å²) in [4.78, 5) is 6.97. The molecule has 158 valence electrons.